The van der Waals surface area contributed by atoms with E-state index in [9.17, 15) is 18.0 Å². The predicted molar refractivity (Wildman–Crippen MR) is 116 cm³/mol. The first-order chi connectivity index (χ1) is 14.1. The van der Waals surface area contributed by atoms with Crippen molar-refractivity contribution in [1.29, 1.82) is 0 Å². The van der Waals surface area contributed by atoms with Gasteiger partial charge in [-0.25, -0.2) is 8.42 Å². The molecule has 0 aliphatic heterocycles. The van der Waals surface area contributed by atoms with Crippen LogP contribution >= 0.6 is 23.2 Å². The molecule has 7 nitrogen and oxygen atoms in total. The van der Waals surface area contributed by atoms with Gasteiger partial charge < -0.3 is 9.64 Å². The maximum atomic E-state index is 12.9. The van der Waals surface area contributed by atoms with E-state index in [4.69, 9.17) is 27.9 Å². The highest BCUT2D eigenvalue weighted by Crippen LogP contribution is 2.26. The molecule has 0 spiro atoms. The van der Waals surface area contributed by atoms with Crippen LogP contribution in [0, 0.1) is 5.92 Å². The van der Waals surface area contributed by atoms with Gasteiger partial charge in [0.2, 0.25) is 0 Å². The number of carbonyl (C=O) groups is 2. The molecule has 0 saturated heterocycles. The molecule has 0 fully saturated rings. The molecular weight excluding hydrogens is 451 g/mol. The van der Waals surface area contributed by atoms with E-state index in [-0.39, 0.29) is 38.6 Å². The number of carbonyl (C=O) groups excluding carboxylic acids is 2. The zero-order valence-corrected chi connectivity index (χ0v) is 19.0. The summed E-state index contributed by atoms with van der Waals surface area (Å²) in [6, 6.07) is 10.1. The Morgan fingerprint density at radius 1 is 1.13 bits per heavy atom. The van der Waals surface area contributed by atoms with Crippen molar-refractivity contribution < 1.29 is 22.7 Å². The van der Waals surface area contributed by atoms with Crippen LogP contribution in [0.3, 0.4) is 0 Å². The molecule has 0 bridgehead atoms. The maximum Gasteiger partial charge on any atom is 0.310 e. The summed E-state index contributed by atoms with van der Waals surface area (Å²) in [6.07, 6.45) is 0. The van der Waals surface area contributed by atoms with Crippen LogP contribution in [0.25, 0.3) is 0 Å². The van der Waals surface area contributed by atoms with Gasteiger partial charge in [0.25, 0.3) is 15.9 Å². The van der Waals surface area contributed by atoms with Crippen molar-refractivity contribution in [1.82, 2.24) is 4.90 Å². The Balaban J connectivity index is 2.23. The molecule has 2 rings (SSSR count). The van der Waals surface area contributed by atoms with Crippen LogP contribution in [0.4, 0.5) is 5.69 Å². The summed E-state index contributed by atoms with van der Waals surface area (Å²) in [5, 5.41) is 0.353. The van der Waals surface area contributed by atoms with Crippen LogP contribution in [-0.2, 0) is 19.6 Å². The number of anilines is 1. The summed E-state index contributed by atoms with van der Waals surface area (Å²) in [7, 11) is -2.64. The van der Waals surface area contributed by atoms with Crippen molar-refractivity contribution in [2.75, 3.05) is 24.9 Å². The molecule has 2 aromatic rings. The van der Waals surface area contributed by atoms with E-state index in [0.29, 0.717) is 6.54 Å². The van der Waals surface area contributed by atoms with Crippen LogP contribution < -0.4 is 4.72 Å². The Morgan fingerprint density at radius 3 is 2.43 bits per heavy atom. The fraction of sp³-hybridized carbons (Fsp3) is 0.300. The molecule has 0 heterocycles. The second kappa shape index (κ2) is 10.1. The summed E-state index contributed by atoms with van der Waals surface area (Å²) in [5.74, 6) is -1.23. The smallest absolute Gasteiger partial charge is 0.310 e. The van der Waals surface area contributed by atoms with Crippen molar-refractivity contribution in [3.05, 3.63) is 58.1 Å². The average molecular weight is 473 g/mol. The Labute approximate surface area is 186 Å². The molecular formula is C20H22Cl2N2O5S. The lowest BCUT2D eigenvalue weighted by Gasteiger charge is -2.23. The van der Waals surface area contributed by atoms with E-state index in [1.807, 2.05) is 0 Å². The molecule has 0 radical (unpaired) electrons. The lowest BCUT2D eigenvalue weighted by atomic mass is 10.1. The summed E-state index contributed by atoms with van der Waals surface area (Å²) >= 11 is 11.7. The number of methoxy groups -OCH3 is 1. The van der Waals surface area contributed by atoms with E-state index in [0.717, 1.165) is 0 Å². The highest BCUT2D eigenvalue weighted by molar-refractivity contribution is 7.92. The number of ether oxygens (including phenoxy) is 1. The zero-order valence-electron chi connectivity index (χ0n) is 16.7. The Morgan fingerprint density at radius 2 is 1.83 bits per heavy atom. The number of halogens is 2. The zero-order chi connectivity index (χ0) is 22.5. The second-order valence-corrected chi connectivity index (χ2v) is 9.03. The van der Waals surface area contributed by atoms with E-state index in [1.54, 1.807) is 26.0 Å². The van der Waals surface area contributed by atoms with Gasteiger partial charge in [-0.15, -0.1) is 0 Å². The van der Waals surface area contributed by atoms with Gasteiger partial charge in [-0.1, -0.05) is 36.2 Å². The maximum absolute atomic E-state index is 12.9. The fourth-order valence-electron chi connectivity index (χ4n) is 2.72. The van der Waals surface area contributed by atoms with Gasteiger partial charge in [0.1, 0.15) is 0 Å². The van der Waals surface area contributed by atoms with E-state index in [2.05, 4.69) is 4.72 Å². The number of hydrogen-bond acceptors (Lipinski definition) is 5. The second-order valence-electron chi connectivity index (χ2n) is 6.53. The number of rotatable bonds is 8. The monoisotopic (exact) mass is 472 g/mol. The van der Waals surface area contributed by atoms with Crippen LogP contribution in [0.2, 0.25) is 10.0 Å². The van der Waals surface area contributed by atoms with Crippen LogP contribution in [0.1, 0.15) is 24.2 Å². The number of nitrogens with zero attached hydrogens (tertiary/aromatic N) is 1. The molecule has 1 atom stereocenters. The highest BCUT2D eigenvalue weighted by Gasteiger charge is 2.22. The van der Waals surface area contributed by atoms with Gasteiger partial charge in [-0.3, -0.25) is 14.3 Å². The fourth-order valence-corrected chi connectivity index (χ4v) is 4.16. The molecule has 1 unspecified atom stereocenters. The first kappa shape index (κ1) is 24.0. The van der Waals surface area contributed by atoms with Gasteiger partial charge in [0.05, 0.1) is 28.0 Å². The SMILES string of the molecule is CCN(CC(C)C(=O)OC)C(=O)c1cccc(NS(=O)(=O)c2ccc(Cl)c(Cl)c2)c1. The molecule has 1 N–H and O–H groups in total. The summed E-state index contributed by atoms with van der Waals surface area (Å²) in [5.41, 5.74) is 0.493. The van der Waals surface area contributed by atoms with Crippen LogP contribution in [-0.4, -0.2) is 45.4 Å². The topological polar surface area (TPSA) is 92.8 Å². The molecule has 1 amide bonds. The van der Waals surface area contributed by atoms with E-state index >= 15 is 0 Å². The first-order valence-corrected chi connectivity index (χ1v) is 11.3. The lowest BCUT2D eigenvalue weighted by molar-refractivity contribution is -0.145. The Hall–Kier alpha value is -2.29. The molecule has 162 valence electrons. The number of nitrogens with one attached hydrogen (secondary N) is 1. The standard InChI is InChI=1S/C20H22Cl2N2O5S/c1-4-24(12-13(2)20(26)29-3)19(25)14-6-5-7-15(10-14)23-30(27,28)16-8-9-17(21)18(22)11-16/h5-11,13,23H,4,12H2,1-3H3. The number of benzene rings is 2. The van der Waals surface area contributed by atoms with E-state index < -0.39 is 21.9 Å². The minimum absolute atomic E-state index is 0.0595. The minimum Gasteiger partial charge on any atom is -0.469 e. The van der Waals surface area contributed by atoms with Gasteiger partial charge in [-0.2, -0.15) is 0 Å². The number of sulfonamides is 1. The summed E-state index contributed by atoms with van der Waals surface area (Å²) in [4.78, 5) is 25.9. The molecule has 0 saturated carbocycles. The largest absolute Gasteiger partial charge is 0.469 e. The molecule has 0 aliphatic rings. The third kappa shape index (κ3) is 5.87. The molecule has 0 aliphatic carbocycles. The highest BCUT2D eigenvalue weighted by atomic mass is 35.5. The number of esters is 1. The Bertz CT molecular complexity index is 1040. The normalized spacial score (nSPS) is 12.2. The summed E-state index contributed by atoms with van der Waals surface area (Å²) in [6.45, 7) is 4.02. The van der Waals surface area contributed by atoms with Crippen molar-refractivity contribution in [3.63, 3.8) is 0 Å². The minimum atomic E-state index is -3.93. The van der Waals surface area contributed by atoms with Crippen molar-refractivity contribution in [3.8, 4) is 0 Å². The lowest BCUT2D eigenvalue weighted by Crippen LogP contribution is -2.37. The number of amides is 1. The Kier molecular flexibility index (Phi) is 8.11. The van der Waals surface area contributed by atoms with Gasteiger partial charge in [0.15, 0.2) is 0 Å². The predicted octanol–water partition coefficient (Wildman–Crippen LogP) is 4.07. The summed E-state index contributed by atoms with van der Waals surface area (Å²) < 4.78 is 32.4. The van der Waals surface area contributed by atoms with Crippen molar-refractivity contribution in [2.24, 2.45) is 5.92 Å². The average Bonchev–Trinajstić information content (AvgIpc) is 2.72. The van der Waals surface area contributed by atoms with Crippen molar-refractivity contribution in [2.45, 2.75) is 18.7 Å². The van der Waals surface area contributed by atoms with Gasteiger partial charge in [-0.05, 0) is 43.3 Å². The molecule has 30 heavy (non-hydrogen) atoms. The quantitative estimate of drug-likeness (QED) is 0.584. The molecule has 0 aromatic heterocycles. The van der Waals surface area contributed by atoms with Crippen LogP contribution in [0.5, 0.6) is 0 Å². The van der Waals surface area contributed by atoms with Crippen molar-refractivity contribution >= 4 is 50.8 Å². The molecule has 2 aromatic carbocycles. The number of hydrogen-bond donors (Lipinski definition) is 1. The third-order valence-corrected chi connectivity index (χ3v) is 6.45. The van der Waals surface area contributed by atoms with Gasteiger partial charge >= 0.3 is 5.97 Å². The third-order valence-electron chi connectivity index (χ3n) is 4.33. The molecule has 10 heteroatoms. The van der Waals surface area contributed by atoms with E-state index in [1.165, 1.54) is 42.3 Å². The van der Waals surface area contributed by atoms with Crippen LogP contribution in [0.15, 0.2) is 47.4 Å². The van der Waals surface area contributed by atoms with Gasteiger partial charge in [0, 0.05) is 24.3 Å². The first-order valence-electron chi connectivity index (χ1n) is 9.04.